The normalized spacial score (nSPS) is 14.7. The summed E-state index contributed by atoms with van der Waals surface area (Å²) in [5.41, 5.74) is 1.47. The number of sulfonamides is 1. The highest BCUT2D eigenvalue weighted by Crippen LogP contribution is 2.26. The number of esters is 1. The number of fused-ring (bicyclic) bond motifs is 1. The van der Waals surface area contributed by atoms with Gasteiger partial charge in [0.05, 0.1) is 6.54 Å². The molecule has 0 bridgehead atoms. The number of nitrogens with zero attached hydrogens (tertiary/aromatic N) is 2. The minimum atomic E-state index is -3.65. The van der Waals surface area contributed by atoms with Crippen LogP contribution >= 0.6 is 0 Å². The van der Waals surface area contributed by atoms with Gasteiger partial charge in [-0.3, -0.25) is 0 Å². The van der Waals surface area contributed by atoms with Gasteiger partial charge in [0.25, 0.3) is 10.0 Å². The zero-order valence-corrected chi connectivity index (χ0v) is 15.0. The molecule has 3 rings (SSSR count). The van der Waals surface area contributed by atoms with Gasteiger partial charge in [0.1, 0.15) is 11.5 Å². The molecule has 1 aliphatic heterocycles. The Labute approximate surface area is 152 Å². The maximum atomic E-state index is 12.1. The Morgan fingerprint density at radius 3 is 2.58 bits per heavy atom. The molecule has 0 radical (unpaired) electrons. The van der Waals surface area contributed by atoms with E-state index in [0.29, 0.717) is 17.9 Å². The smallest absolute Gasteiger partial charge is 0.330 e. The summed E-state index contributed by atoms with van der Waals surface area (Å²) in [5.74, 6) is -0.0971. The van der Waals surface area contributed by atoms with Crippen LogP contribution in [0.1, 0.15) is 11.1 Å². The second kappa shape index (κ2) is 7.53. The van der Waals surface area contributed by atoms with Crippen molar-refractivity contribution in [2.45, 2.75) is 4.90 Å². The van der Waals surface area contributed by atoms with Gasteiger partial charge in [-0.1, -0.05) is 42.5 Å². The number of rotatable bonds is 5. The fourth-order valence-electron chi connectivity index (χ4n) is 2.53. The second-order valence-corrected chi connectivity index (χ2v) is 7.29. The molecular weight excluding hydrogens is 352 g/mol. The average Bonchev–Trinajstić information content (AvgIpc) is 2.92. The molecule has 1 aliphatic rings. The first-order chi connectivity index (χ1) is 12.5. The topological polar surface area (TPSA) is 76.0 Å². The summed E-state index contributed by atoms with van der Waals surface area (Å²) in [7, 11) is -1.94. The summed E-state index contributed by atoms with van der Waals surface area (Å²) in [6.07, 6.45) is 3.04. The van der Waals surface area contributed by atoms with E-state index in [0.717, 1.165) is 5.56 Å². The molecular formula is C19H18N2O4S. The van der Waals surface area contributed by atoms with Crippen molar-refractivity contribution >= 4 is 27.9 Å². The third kappa shape index (κ3) is 4.00. The van der Waals surface area contributed by atoms with Gasteiger partial charge in [-0.05, 0) is 23.8 Å². The van der Waals surface area contributed by atoms with Crippen LogP contribution in [0.25, 0.3) is 6.08 Å². The van der Waals surface area contributed by atoms with Crippen LogP contribution in [0.15, 0.2) is 70.0 Å². The number of carbonyl (C=O) groups is 1. The lowest BCUT2D eigenvalue weighted by atomic mass is 10.2. The predicted octanol–water partition coefficient (Wildman–Crippen LogP) is 2.32. The highest BCUT2D eigenvalue weighted by molar-refractivity contribution is 7.90. The van der Waals surface area contributed by atoms with E-state index < -0.39 is 16.0 Å². The number of benzene rings is 2. The van der Waals surface area contributed by atoms with Gasteiger partial charge in [0, 0.05) is 18.7 Å². The summed E-state index contributed by atoms with van der Waals surface area (Å²) in [6, 6.07) is 16.1. The standard InChI is InChI=1S/C19H18N2O4S/c1-21(19-16-9-5-6-10-17(16)26(23,24)20-19)13-14-25-18(22)12-11-15-7-3-2-4-8-15/h2-12H,13-14H2,1H3. The van der Waals surface area contributed by atoms with Gasteiger partial charge in [0.2, 0.25) is 0 Å². The van der Waals surface area contributed by atoms with Crippen molar-refractivity contribution in [2.75, 3.05) is 20.2 Å². The number of ether oxygens (including phenoxy) is 1. The van der Waals surface area contributed by atoms with Gasteiger partial charge in [0.15, 0.2) is 5.84 Å². The van der Waals surface area contributed by atoms with Crippen LogP contribution in [0.5, 0.6) is 0 Å². The summed E-state index contributed by atoms with van der Waals surface area (Å²) in [6.45, 7) is 0.448. The molecule has 134 valence electrons. The van der Waals surface area contributed by atoms with Gasteiger partial charge in [-0.2, -0.15) is 8.42 Å². The van der Waals surface area contributed by atoms with Gasteiger partial charge >= 0.3 is 5.97 Å². The van der Waals surface area contributed by atoms with E-state index in [1.807, 2.05) is 30.3 Å². The SMILES string of the molecule is CN(CCOC(=O)C=Cc1ccccc1)C1=NS(=O)(=O)c2ccccc21. The Balaban J connectivity index is 1.56. The summed E-state index contributed by atoms with van der Waals surface area (Å²) in [5, 5.41) is 0. The predicted molar refractivity (Wildman–Crippen MR) is 99.2 cm³/mol. The second-order valence-electron chi connectivity index (χ2n) is 5.72. The van der Waals surface area contributed by atoms with E-state index in [4.69, 9.17) is 4.74 Å². The minimum absolute atomic E-state index is 0.121. The first-order valence-electron chi connectivity index (χ1n) is 8.03. The van der Waals surface area contributed by atoms with Crippen molar-refractivity contribution in [3.63, 3.8) is 0 Å². The van der Waals surface area contributed by atoms with E-state index in [9.17, 15) is 13.2 Å². The molecule has 0 saturated carbocycles. The maximum Gasteiger partial charge on any atom is 0.330 e. The van der Waals surface area contributed by atoms with E-state index in [1.165, 1.54) is 12.1 Å². The highest BCUT2D eigenvalue weighted by atomic mass is 32.2. The molecule has 0 saturated heterocycles. The van der Waals surface area contributed by atoms with Crippen LogP contribution in [-0.4, -0.2) is 45.3 Å². The summed E-state index contributed by atoms with van der Waals surface area (Å²) in [4.78, 5) is 13.6. The lowest BCUT2D eigenvalue weighted by Gasteiger charge is -2.18. The largest absolute Gasteiger partial charge is 0.461 e. The molecule has 0 spiro atoms. The molecule has 1 heterocycles. The molecule has 26 heavy (non-hydrogen) atoms. The number of hydrogen-bond acceptors (Lipinski definition) is 5. The number of likely N-dealkylation sites (N-methyl/N-ethyl adjacent to an activating group) is 1. The van der Waals surface area contributed by atoms with E-state index in [-0.39, 0.29) is 11.5 Å². The van der Waals surface area contributed by atoms with E-state index >= 15 is 0 Å². The fraction of sp³-hybridized carbons (Fsp3) is 0.158. The molecule has 2 aromatic carbocycles. The first kappa shape index (κ1) is 17.9. The third-order valence-electron chi connectivity index (χ3n) is 3.86. The molecule has 0 aromatic heterocycles. The summed E-state index contributed by atoms with van der Waals surface area (Å²) < 4.78 is 33.1. The monoisotopic (exact) mass is 370 g/mol. The quantitative estimate of drug-likeness (QED) is 0.596. The molecule has 2 aromatic rings. The molecule has 0 N–H and O–H groups in total. The number of amidine groups is 1. The van der Waals surface area contributed by atoms with Crippen LogP contribution in [0.2, 0.25) is 0 Å². The molecule has 0 amide bonds. The molecule has 0 atom stereocenters. The fourth-order valence-corrected chi connectivity index (χ4v) is 3.78. The van der Waals surface area contributed by atoms with Gasteiger partial charge < -0.3 is 9.64 Å². The van der Waals surface area contributed by atoms with Crippen molar-refractivity contribution in [3.8, 4) is 0 Å². The maximum absolute atomic E-state index is 12.1. The van der Waals surface area contributed by atoms with Crippen molar-refractivity contribution in [3.05, 3.63) is 71.8 Å². The summed E-state index contributed by atoms with van der Waals surface area (Å²) >= 11 is 0. The zero-order valence-electron chi connectivity index (χ0n) is 14.2. The molecule has 6 nitrogen and oxygen atoms in total. The van der Waals surface area contributed by atoms with Crippen LogP contribution in [0, 0.1) is 0 Å². The van der Waals surface area contributed by atoms with Crippen LogP contribution in [0.3, 0.4) is 0 Å². The van der Waals surface area contributed by atoms with E-state index in [2.05, 4.69) is 4.40 Å². The Hall–Kier alpha value is -2.93. The minimum Gasteiger partial charge on any atom is -0.461 e. The van der Waals surface area contributed by atoms with Crippen molar-refractivity contribution in [1.82, 2.24) is 4.90 Å². The van der Waals surface area contributed by atoms with Crippen molar-refractivity contribution < 1.29 is 17.9 Å². The average molecular weight is 370 g/mol. The molecule has 0 unspecified atom stereocenters. The first-order valence-corrected chi connectivity index (χ1v) is 9.47. The van der Waals surface area contributed by atoms with Crippen molar-refractivity contribution in [2.24, 2.45) is 4.40 Å². The number of carbonyl (C=O) groups excluding carboxylic acids is 1. The van der Waals surface area contributed by atoms with Crippen LogP contribution in [0.4, 0.5) is 0 Å². The molecule has 7 heteroatoms. The highest BCUT2D eigenvalue weighted by Gasteiger charge is 2.30. The van der Waals surface area contributed by atoms with E-state index in [1.54, 1.807) is 36.2 Å². The van der Waals surface area contributed by atoms with Crippen LogP contribution < -0.4 is 0 Å². The van der Waals surface area contributed by atoms with Gasteiger partial charge in [-0.25, -0.2) is 4.79 Å². The van der Waals surface area contributed by atoms with Gasteiger partial charge in [-0.15, -0.1) is 4.40 Å². The molecule has 0 fully saturated rings. The Bertz CT molecular complexity index is 966. The Morgan fingerprint density at radius 2 is 1.81 bits per heavy atom. The molecule has 0 aliphatic carbocycles. The lowest BCUT2D eigenvalue weighted by Crippen LogP contribution is -2.30. The number of hydrogen-bond donors (Lipinski definition) is 0. The lowest BCUT2D eigenvalue weighted by molar-refractivity contribution is -0.137. The Kier molecular flexibility index (Phi) is 5.18. The third-order valence-corrected chi connectivity index (χ3v) is 5.18. The van der Waals surface area contributed by atoms with Crippen LogP contribution in [-0.2, 0) is 19.6 Å². The zero-order chi connectivity index (χ0) is 18.6. The Morgan fingerprint density at radius 1 is 1.12 bits per heavy atom. The van der Waals surface area contributed by atoms with Crippen molar-refractivity contribution in [1.29, 1.82) is 0 Å².